The van der Waals surface area contributed by atoms with E-state index in [1.165, 1.54) is 55.8 Å². The van der Waals surface area contributed by atoms with E-state index in [-0.39, 0.29) is 0 Å². The second-order valence-corrected chi connectivity index (χ2v) is 6.59. The van der Waals surface area contributed by atoms with Gasteiger partial charge in [0.05, 0.1) is 0 Å². The van der Waals surface area contributed by atoms with Crippen LogP contribution in [0.5, 0.6) is 0 Å². The minimum atomic E-state index is 0.775. The second kappa shape index (κ2) is 5.95. The predicted octanol–water partition coefficient (Wildman–Crippen LogP) is 1.13. The number of fused-ring (bicyclic) bond motifs is 1. The summed E-state index contributed by atoms with van der Waals surface area (Å²) in [6, 6.07) is 7.57. The van der Waals surface area contributed by atoms with Crippen molar-refractivity contribution in [2.75, 3.05) is 51.1 Å². The van der Waals surface area contributed by atoms with Gasteiger partial charge in [-0.15, -0.1) is 0 Å². The molecule has 2 fully saturated rings. The highest BCUT2D eigenvalue weighted by molar-refractivity contribution is 5.61. The molecule has 4 rings (SSSR count). The average Bonchev–Trinajstić information content (AvgIpc) is 3.17. The van der Waals surface area contributed by atoms with E-state index in [4.69, 9.17) is 0 Å². The Morgan fingerprint density at radius 2 is 2.00 bits per heavy atom. The van der Waals surface area contributed by atoms with Crippen LogP contribution in [0, 0.1) is 0 Å². The Bertz CT molecular complexity index is 496. The number of benzene rings is 1. The predicted molar refractivity (Wildman–Crippen MR) is 86.8 cm³/mol. The van der Waals surface area contributed by atoms with Crippen LogP contribution in [-0.4, -0.2) is 61.7 Å². The number of nitrogens with zero attached hydrogens (tertiary/aromatic N) is 2. The van der Waals surface area contributed by atoms with Crippen molar-refractivity contribution < 1.29 is 0 Å². The fraction of sp³-hybridized carbons (Fsp3) is 0.647. The maximum absolute atomic E-state index is 3.57. The molecule has 0 aliphatic carbocycles. The van der Waals surface area contributed by atoms with Gasteiger partial charge < -0.3 is 10.6 Å². The highest BCUT2D eigenvalue weighted by atomic mass is 15.3. The summed E-state index contributed by atoms with van der Waals surface area (Å²) >= 11 is 0. The Morgan fingerprint density at radius 3 is 2.90 bits per heavy atom. The van der Waals surface area contributed by atoms with Gasteiger partial charge in [0.15, 0.2) is 0 Å². The lowest BCUT2D eigenvalue weighted by molar-refractivity contribution is 0.170. The summed E-state index contributed by atoms with van der Waals surface area (Å²) in [5.41, 5.74) is 4.42. The van der Waals surface area contributed by atoms with Crippen molar-refractivity contribution in [1.29, 1.82) is 0 Å². The summed E-state index contributed by atoms with van der Waals surface area (Å²) in [7, 11) is 0. The van der Waals surface area contributed by atoms with Gasteiger partial charge in [0, 0.05) is 64.1 Å². The zero-order chi connectivity index (χ0) is 14.1. The van der Waals surface area contributed by atoms with Gasteiger partial charge in [-0.3, -0.25) is 9.80 Å². The van der Waals surface area contributed by atoms with Crippen LogP contribution in [0.2, 0.25) is 0 Å². The van der Waals surface area contributed by atoms with Gasteiger partial charge in [-0.2, -0.15) is 0 Å². The summed E-state index contributed by atoms with van der Waals surface area (Å²) in [5.74, 6) is 0. The lowest BCUT2D eigenvalue weighted by Gasteiger charge is -2.32. The van der Waals surface area contributed by atoms with Crippen LogP contribution in [0.1, 0.15) is 17.5 Å². The third-order valence-corrected chi connectivity index (χ3v) is 5.24. The lowest BCUT2D eigenvalue weighted by Crippen LogP contribution is -2.49. The van der Waals surface area contributed by atoms with E-state index in [2.05, 4.69) is 38.6 Å². The molecule has 0 amide bonds. The molecule has 0 spiro atoms. The Balaban J connectivity index is 1.39. The first-order chi connectivity index (χ1) is 10.4. The molecule has 0 radical (unpaired) electrons. The minimum absolute atomic E-state index is 0.775. The molecular formula is C17H26N4. The van der Waals surface area contributed by atoms with Crippen molar-refractivity contribution in [2.45, 2.75) is 25.4 Å². The molecule has 1 unspecified atom stereocenters. The first kappa shape index (κ1) is 13.6. The molecule has 0 bridgehead atoms. The highest BCUT2D eigenvalue weighted by Gasteiger charge is 2.29. The second-order valence-electron chi connectivity index (χ2n) is 6.59. The largest absolute Gasteiger partial charge is 0.384 e. The first-order valence-electron chi connectivity index (χ1n) is 8.42. The fourth-order valence-corrected chi connectivity index (χ4v) is 4.08. The number of rotatable bonds is 3. The number of hydrogen-bond donors (Lipinski definition) is 2. The molecule has 0 saturated carbocycles. The SMILES string of the molecule is c1cc2c(c(CN3CCC(N4CCNCC4)C3)c1)NCC2. The number of anilines is 1. The van der Waals surface area contributed by atoms with Crippen LogP contribution in [0.4, 0.5) is 5.69 Å². The lowest BCUT2D eigenvalue weighted by atomic mass is 10.1. The fourth-order valence-electron chi connectivity index (χ4n) is 4.08. The summed E-state index contributed by atoms with van der Waals surface area (Å²) in [6.07, 6.45) is 2.52. The molecule has 2 N–H and O–H groups in total. The molecule has 3 heterocycles. The van der Waals surface area contributed by atoms with Gasteiger partial charge >= 0.3 is 0 Å². The normalized spacial score (nSPS) is 26.8. The van der Waals surface area contributed by atoms with Crippen molar-refractivity contribution in [3.05, 3.63) is 29.3 Å². The summed E-state index contributed by atoms with van der Waals surface area (Å²) in [5, 5.41) is 7.03. The average molecular weight is 286 g/mol. The molecule has 1 aromatic rings. The standard InChI is InChI=1S/C17H26N4/c1-2-14-4-6-19-17(14)15(3-1)12-20-9-5-16(13-20)21-10-7-18-8-11-21/h1-3,16,18-19H,4-13H2. The van der Waals surface area contributed by atoms with Crippen LogP contribution in [0.25, 0.3) is 0 Å². The van der Waals surface area contributed by atoms with Crippen LogP contribution in [0.15, 0.2) is 18.2 Å². The molecule has 4 nitrogen and oxygen atoms in total. The van der Waals surface area contributed by atoms with E-state index >= 15 is 0 Å². The summed E-state index contributed by atoms with van der Waals surface area (Å²) in [4.78, 5) is 5.33. The first-order valence-corrected chi connectivity index (χ1v) is 8.42. The molecule has 1 atom stereocenters. The van der Waals surface area contributed by atoms with Crippen LogP contribution < -0.4 is 10.6 Å². The van der Waals surface area contributed by atoms with Gasteiger partial charge in [0.2, 0.25) is 0 Å². The van der Waals surface area contributed by atoms with E-state index in [0.717, 1.165) is 32.2 Å². The van der Waals surface area contributed by atoms with Crippen molar-refractivity contribution in [3.8, 4) is 0 Å². The molecule has 2 saturated heterocycles. The number of likely N-dealkylation sites (tertiary alicyclic amines) is 1. The molecular weight excluding hydrogens is 260 g/mol. The summed E-state index contributed by atoms with van der Waals surface area (Å²) < 4.78 is 0. The third kappa shape index (κ3) is 2.80. The van der Waals surface area contributed by atoms with E-state index in [1.807, 2.05) is 0 Å². The third-order valence-electron chi connectivity index (χ3n) is 5.24. The molecule has 4 heteroatoms. The van der Waals surface area contributed by atoms with Crippen LogP contribution in [-0.2, 0) is 13.0 Å². The van der Waals surface area contributed by atoms with E-state index in [9.17, 15) is 0 Å². The molecule has 3 aliphatic heterocycles. The number of para-hydroxylation sites is 1. The van der Waals surface area contributed by atoms with Gasteiger partial charge in [-0.05, 0) is 24.0 Å². The highest BCUT2D eigenvalue weighted by Crippen LogP contribution is 2.28. The van der Waals surface area contributed by atoms with Gasteiger partial charge in [0.25, 0.3) is 0 Å². The smallest absolute Gasteiger partial charge is 0.0419 e. The number of hydrogen-bond acceptors (Lipinski definition) is 4. The number of nitrogens with one attached hydrogen (secondary N) is 2. The number of piperazine rings is 1. The monoisotopic (exact) mass is 286 g/mol. The summed E-state index contributed by atoms with van der Waals surface area (Å²) in [6.45, 7) is 9.47. The molecule has 21 heavy (non-hydrogen) atoms. The van der Waals surface area contributed by atoms with Gasteiger partial charge in [0.1, 0.15) is 0 Å². The van der Waals surface area contributed by atoms with Crippen LogP contribution in [0.3, 0.4) is 0 Å². The maximum atomic E-state index is 3.57. The Labute approximate surface area is 127 Å². The molecule has 3 aliphatic rings. The minimum Gasteiger partial charge on any atom is -0.384 e. The van der Waals surface area contributed by atoms with Crippen molar-refractivity contribution in [3.63, 3.8) is 0 Å². The Morgan fingerprint density at radius 1 is 1.10 bits per heavy atom. The van der Waals surface area contributed by atoms with E-state index < -0.39 is 0 Å². The van der Waals surface area contributed by atoms with Crippen LogP contribution >= 0.6 is 0 Å². The zero-order valence-corrected chi connectivity index (χ0v) is 12.8. The van der Waals surface area contributed by atoms with Crippen molar-refractivity contribution in [1.82, 2.24) is 15.1 Å². The Hall–Kier alpha value is -1.10. The Kier molecular flexibility index (Phi) is 3.84. The van der Waals surface area contributed by atoms with Gasteiger partial charge in [-0.25, -0.2) is 0 Å². The zero-order valence-electron chi connectivity index (χ0n) is 12.8. The molecule has 0 aromatic heterocycles. The van der Waals surface area contributed by atoms with Crippen molar-refractivity contribution in [2.24, 2.45) is 0 Å². The molecule has 114 valence electrons. The van der Waals surface area contributed by atoms with E-state index in [1.54, 1.807) is 0 Å². The topological polar surface area (TPSA) is 30.5 Å². The van der Waals surface area contributed by atoms with E-state index in [0.29, 0.717) is 0 Å². The molecule has 1 aromatic carbocycles. The quantitative estimate of drug-likeness (QED) is 0.872. The van der Waals surface area contributed by atoms with Gasteiger partial charge in [-0.1, -0.05) is 18.2 Å². The maximum Gasteiger partial charge on any atom is 0.0419 e. The van der Waals surface area contributed by atoms with Crippen molar-refractivity contribution >= 4 is 5.69 Å².